The summed E-state index contributed by atoms with van der Waals surface area (Å²) < 4.78 is 5.21. The Kier molecular flexibility index (Phi) is 4.89. The van der Waals surface area contributed by atoms with E-state index in [-0.39, 0.29) is 11.3 Å². The summed E-state index contributed by atoms with van der Waals surface area (Å²) in [4.78, 5) is 24.7. The van der Waals surface area contributed by atoms with Crippen LogP contribution in [0.25, 0.3) is 10.8 Å². The molecule has 0 unspecified atom stereocenters. The van der Waals surface area contributed by atoms with Crippen molar-refractivity contribution in [1.82, 2.24) is 0 Å². The van der Waals surface area contributed by atoms with Gasteiger partial charge in [-0.2, -0.15) is 0 Å². The van der Waals surface area contributed by atoms with Crippen LogP contribution in [0.3, 0.4) is 0 Å². The van der Waals surface area contributed by atoms with Crippen LogP contribution in [-0.2, 0) is 9.53 Å². The Balaban J connectivity index is 1.73. The Labute approximate surface area is 151 Å². The standard InChI is InChI=1S/C21H19NO4/c1-13-7-5-11-17(19(13)23)21(25)26-14(2)20(24)22-18-12-6-9-15-8-3-4-10-16(15)18/h3-12,14,23H,1-2H3,(H,22,24)/t14-/m0/s1. The zero-order chi connectivity index (χ0) is 18.7. The van der Waals surface area contributed by atoms with Crippen LogP contribution in [0.4, 0.5) is 5.69 Å². The molecule has 0 aliphatic carbocycles. The third kappa shape index (κ3) is 3.52. The molecule has 0 aliphatic heterocycles. The number of carbonyl (C=O) groups excluding carboxylic acids is 2. The number of anilines is 1. The van der Waals surface area contributed by atoms with Crippen LogP contribution in [0.1, 0.15) is 22.8 Å². The van der Waals surface area contributed by atoms with E-state index in [2.05, 4.69) is 5.32 Å². The van der Waals surface area contributed by atoms with E-state index in [1.165, 1.54) is 13.0 Å². The number of phenolic OH excluding ortho intramolecular Hbond substituents is 1. The van der Waals surface area contributed by atoms with Gasteiger partial charge in [-0.3, -0.25) is 4.79 Å². The summed E-state index contributed by atoms with van der Waals surface area (Å²) in [5, 5.41) is 14.7. The second-order valence-electron chi connectivity index (χ2n) is 6.03. The molecule has 0 spiro atoms. The highest BCUT2D eigenvalue weighted by molar-refractivity contribution is 6.04. The predicted octanol–water partition coefficient (Wildman–Crippen LogP) is 4.04. The van der Waals surface area contributed by atoms with E-state index in [4.69, 9.17) is 4.74 Å². The molecule has 132 valence electrons. The second kappa shape index (κ2) is 7.27. The van der Waals surface area contributed by atoms with Gasteiger partial charge in [0.1, 0.15) is 11.3 Å². The predicted molar refractivity (Wildman–Crippen MR) is 100 cm³/mol. The lowest BCUT2D eigenvalue weighted by molar-refractivity contribution is -0.123. The lowest BCUT2D eigenvalue weighted by Gasteiger charge is -2.15. The van der Waals surface area contributed by atoms with Crippen LogP contribution >= 0.6 is 0 Å². The molecule has 0 heterocycles. The minimum absolute atomic E-state index is 0.0369. The molecule has 0 aliphatic rings. The lowest BCUT2D eigenvalue weighted by atomic mass is 10.1. The van der Waals surface area contributed by atoms with Crippen molar-refractivity contribution in [2.24, 2.45) is 0 Å². The van der Waals surface area contributed by atoms with Gasteiger partial charge >= 0.3 is 5.97 Å². The topological polar surface area (TPSA) is 75.6 Å². The van der Waals surface area contributed by atoms with Crippen LogP contribution in [0.5, 0.6) is 5.75 Å². The monoisotopic (exact) mass is 349 g/mol. The van der Waals surface area contributed by atoms with Crippen molar-refractivity contribution in [3.63, 3.8) is 0 Å². The number of rotatable bonds is 4. The maximum Gasteiger partial charge on any atom is 0.342 e. The number of amides is 1. The number of phenols is 1. The van der Waals surface area contributed by atoms with Gasteiger partial charge in [0.25, 0.3) is 5.91 Å². The Morgan fingerprint density at radius 3 is 2.50 bits per heavy atom. The fraction of sp³-hybridized carbons (Fsp3) is 0.143. The maximum atomic E-state index is 12.4. The van der Waals surface area contributed by atoms with Gasteiger partial charge in [0, 0.05) is 11.1 Å². The summed E-state index contributed by atoms with van der Waals surface area (Å²) in [5.74, 6) is -1.33. The van der Waals surface area contributed by atoms with E-state index < -0.39 is 18.0 Å². The minimum Gasteiger partial charge on any atom is -0.507 e. The van der Waals surface area contributed by atoms with E-state index >= 15 is 0 Å². The van der Waals surface area contributed by atoms with Crippen LogP contribution < -0.4 is 5.32 Å². The molecule has 0 bridgehead atoms. The molecule has 1 amide bonds. The molecule has 26 heavy (non-hydrogen) atoms. The molecule has 1 atom stereocenters. The zero-order valence-electron chi connectivity index (χ0n) is 14.5. The molecule has 3 aromatic rings. The minimum atomic E-state index is -1.01. The third-order valence-electron chi connectivity index (χ3n) is 4.16. The first-order chi connectivity index (χ1) is 12.5. The van der Waals surface area contributed by atoms with Gasteiger partial charge in [0.2, 0.25) is 0 Å². The summed E-state index contributed by atoms with van der Waals surface area (Å²) in [6, 6.07) is 18.1. The zero-order valence-corrected chi connectivity index (χ0v) is 14.5. The van der Waals surface area contributed by atoms with Gasteiger partial charge in [0.05, 0.1) is 0 Å². The molecule has 5 heteroatoms. The first kappa shape index (κ1) is 17.5. The van der Waals surface area contributed by atoms with Gasteiger partial charge in [0.15, 0.2) is 6.10 Å². The summed E-state index contributed by atoms with van der Waals surface area (Å²) >= 11 is 0. The van der Waals surface area contributed by atoms with Crippen molar-refractivity contribution in [2.75, 3.05) is 5.32 Å². The summed E-state index contributed by atoms with van der Waals surface area (Å²) in [6.07, 6.45) is -1.01. The van der Waals surface area contributed by atoms with Crippen LogP contribution in [0.15, 0.2) is 60.7 Å². The van der Waals surface area contributed by atoms with Gasteiger partial charge in [-0.05, 0) is 36.9 Å². The highest BCUT2D eigenvalue weighted by atomic mass is 16.5. The quantitative estimate of drug-likeness (QED) is 0.697. The van der Waals surface area contributed by atoms with Gasteiger partial charge in [-0.25, -0.2) is 4.79 Å². The highest BCUT2D eigenvalue weighted by Crippen LogP contribution is 2.24. The van der Waals surface area contributed by atoms with Crippen molar-refractivity contribution in [3.05, 3.63) is 71.8 Å². The number of hydrogen-bond acceptors (Lipinski definition) is 4. The van der Waals surface area contributed by atoms with Crippen molar-refractivity contribution >= 4 is 28.3 Å². The summed E-state index contributed by atoms with van der Waals surface area (Å²) in [6.45, 7) is 3.17. The average Bonchev–Trinajstić information content (AvgIpc) is 2.64. The molecule has 2 N–H and O–H groups in total. The van der Waals surface area contributed by atoms with E-state index in [9.17, 15) is 14.7 Å². The van der Waals surface area contributed by atoms with Crippen molar-refractivity contribution < 1.29 is 19.4 Å². The smallest absolute Gasteiger partial charge is 0.342 e. The molecule has 3 aromatic carbocycles. The van der Waals surface area contributed by atoms with Crippen LogP contribution in [-0.4, -0.2) is 23.1 Å². The van der Waals surface area contributed by atoms with E-state index in [1.807, 2.05) is 36.4 Å². The molecule has 0 fully saturated rings. The van der Waals surface area contributed by atoms with Gasteiger partial charge < -0.3 is 15.2 Å². The fourth-order valence-corrected chi connectivity index (χ4v) is 2.67. The molecular formula is C21H19NO4. The van der Waals surface area contributed by atoms with Crippen LogP contribution in [0.2, 0.25) is 0 Å². The van der Waals surface area contributed by atoms with E-state index in [0.717, 1.165) is 10.8 Å². The number of fused-ring (bicyclic) bond motifs is 1. The molecule has 0 saturated carbocycles. The number of benzene rings is 3. The number of aryl methyl sites for hydroxylation is 1. The first-order valence-electron chi connectivity index (χ1n) is 8.25. The molecular weight excluding hydrogens is 330 g/mol. The lowest BCUT2D eigenvalue weighted by Crippen LogP contribution is -2.30. The average molecular weight is 349 g/mol. The van der Waals surface area contributed by atoms with Crippen molar-refractivity contribution in [3.8, 4) is 5.75 Å². The normalized spacial score (nSPS) is 11.8. The summed E-state index contributed by atoms with van der Waals surface area (Å²) in [5.41, 5.74) is 1.25. The SMILES string of the molecule is Cc1cccc(C(=O)O[C@@H](C)C(=O)Nc2cccc3ccccc23)c1O. The number of esters is 1. The molecule has 0 aromatic heterocycles. The van der Waals surface area contributed by atoms with Crippen molar-refractivity contribution in [2.45, 2.75) is 20.0 Å². The number of ether oxygens (including phenoxy) is 1. The Morgan fingerprint density at radius 2 is 1.69 bits per heavy atom. The van der Waals surface area contributed by atoms with Gasteiger partial charge in [-0.1, -0.05) is 48.5 Å². The van der Waals surface area contributed by atoms with Gasteiger partial charge in [-0.15, -0.1) is 0 Å². The summed E-state index contributed by atoms with van der Waals surface area (Å²) in [7, 11) is 0. The Bertz CT molecular complexity index is 975. The number of aromatic hydroxyl groups is 1. The van der Waals surface area contributed by atoms with E-state index in [0.29, 0.717) is 11.3 Å². The van der Waals surface area contributed by atoms with E-state index in [1.54, 1.807) is 25.1 Å². The maximum absolute atomic E-state index is 12.4. The largest absolute Gasteiger partial charge is 0.507 e. The number of carbonyl (C=O) groups is 2. The number of nitrogens with one attached hydrogen (secondary N) is 1. The fourth-order valence-electron chi connectivity index (χ4n) is 2.67. The molecule has 3 rings (SSSR count). The Morgan fingerprint density at radius 1 is 1.00 bits per heavy atom. The second-order valence-corrected chi connectivity index (χ2v) is 6.03. The highest BCUT2D eigenvalue weighted by Gasteiger charge is 2.22. The van der Waals surface area contributed by atoms with Crippen molar-refractivity contribution in [1.29, 1.82) is 0 Å². The third-order valence-corrected chi connectivity index (χ3v) is 4.16. The van der Waals surface area contributed by atoms with Crippen LogP contribution in [0, 0.1) is 6.92 Å². The first-order valence-corrected chi connectivity index (χ1v) is 8.25. The molecule has 5 nitrogen and oxygen atoms in total. The number of para-hydroxylation sites is 1. The molecule has 0 saturated heterocycles. The number of hydrogen-bond donors (Lipinski definition) is 2. The Hall–Kier alpha value is -3.34. The molecule has 0 radical (unpaired) electrons.